The minimum absolute atomic E-state index is 0.524. The van der Waals surface area contributed by atoms with Crippen LogP contribution in [0.15, 0.2) is 18.2 Å². The summed E-state index contributed by atoms with van der Waals surface area (Å²) in [5.41, 5.74) is 1.33. The summed E-state index contributed by atoms with van der Waals surface area (Å²) < 4.78 is 11.5. The van der Waals surface area contributed by atoms with Crippen LogP contribution in [0.4, 0.5) is 0 Å². The van der Waals surface area contributed by atoms with Crippen molar-refractivity contribution < 1.29 is 9.47 Å². The van der Waals surface area contributed by atoms with E-state index in [-0.39, 0.29) is 0 Å². The molecule has 0 radical (unpaired) electrons. The second kappa shape index (κ2) is 4.47. The summed E-state index contributed by atoms with van der Waals surface area (Å²) in [6, 6.07) is 6.93. The first-order valence-corrected chi connectivity index (χ1v) is 6.87. The molecule has 0 aliphatic carbocycles. The first-order valence-electron chi connectivity index (χ1n) is 6.87. The summed E-state index contributed by atoms with van der Waals surface area (Å²) in [6.45, 7) is 5.03. The van der Waals surface area contributed by atoms with Crippen LogP contribution in [0.1, 0.15) is 38.7 Å². The van der Waals surface area contributed by atoms with E-state index in [1.165, 1.54) is 24.8 Å². The minimum atomic E-state index is -0.524. The molecule has 2 aliphatic heterocycles. The number of hydrogen-bond donors (Lipinski definition) is 1. The Balaban J connectivity index is 1.71. The van der Waals surface area contributed by atoms with Crippen LogP contribution in [0, 0.1) is 0 Å². The fraction of sp³-hybridized carbons (Fsp3) is 0.600. The van der Waals surface area contributed by atoms with Crippen LogP contribution >= 0.6 is 0 Å². The standard InChI is InChI=1S/C15H21NO2/c1-15(2)17-13-7-6-11(10-14(13)18-15)9-12-5-3-4-8-16-12/h6-7,10,12,16H,3-5,8-9H2,1-2H3. The van der Waals surface area contributed by atoms with E-state index >= 15 is 0 Å². The molecule has 1 atom stereocenters. The van der Waals surface area contributed by atoms with Crippen molar-refractivity contribution in [3.05, 3.63) is 23.8 Å². The van der Waals surface area contributed by atoms with Crippen LogP contribution in [0.2, 0.25) is 0 Å². The van der Waals surface area contributed by atoms with Crippen molar-refractivity contribution in [3.8, 4) is 11.5 Å². The van der Waals surface area contributed by atoms with E-state index in [2.05, 4.69) is 17.4 Å². The highest BCUT2D eigenvalue weighted by atomic mass is 16.7. The maximum atomic E-state index is 5.78. The molecule has 3 nitrogen and oxygen atoms in total. The van der Waals surface area contributed by atoms with Gasteiger partial charge in [-0.2, -0.15) is 0 Å². The Morgan fingerprint density at radius 1 is 1.22 bits per heavy atom. The zero-order valence-corrected chi connectivity index (χ0v) is 11.2. The Morgan fingerprint density at radius 3 is 2.83 bits per heavy atom. The molecule has 98 valence electrons. The topological polar surface area (TPSA) is 30.5 Å². The van der Waals surface area contributed by atoms with Crippen molar-refractivity contribution in [3.63, 3.8) is 0 Å². The highest BCUT2D eigenvalue weighted by Crippen LogP contribution is 2.39. The highest BCUT2D eigenvalue weighted by Gasteiger charge is 2.31. The number of nitrogens with one attached hydrogen (secondary N) is 1. The van der Waals surface area contributed by atoms with E-state index < -0.39 is 5.79 Å². The number of piperidine rings is 1. The van der Waals surface area contributed by atoms with Crippen molar-refractivity contribution in [2.45, 2.75) is 51.4 Å². The molecule has 2 aliphatic rings. The molecule has 3 heteroatoms. The summed E-state index contributed by atoms with van der Waals surface area (Å²) >= 11 is 0. The molecule has 0 aromatic heterocycles. The van der Waals surface area contributed by atoms with Gasteiger partial charge >= 0.3 is 0 Å². The predicted molar refractivity (Wildman–Crippen MR) is 71.1 cm³/mol. The van der Waals surface area contributed by atoms with Gasteiger partial charge in [0.05, 0.1) is 0 Å². The predicted octanol–water partition coefficient (Wildman–Crippen LogP) is 2.88. The highest BCUT2D eigenvalue weighted by molar-refractivity contribution is 5.45. The average Bonchev–Trinajstić information content (AvgIpc) is 2.63. The van der Waals surface area contributed by atoms with Crippen molar-refractivity contribution in [1.82, 2.24) is 5.32 Å². The van der Waals surface area contributed by atoms with Gasteiger partial charge in [0, 0.05) is 19.9 Å². The third-order valence-corrected chi connectivity index (χ3v) is 3.61. The van der Waals surface area contributed by atoms with Gasteiger partial charge < -0.3 is 14.8 Å². The molecule has 1 aromatic carbocycles. The molecule has 18 heavy (non-hydrogen) atoms. The summed E-state index contributed by atoms with van der Waals surface area (Å²) in [7, 11) is 0. The quantitative estimate of drug-likeness (QED) is 0.871. The van der Waals surface area contributed by atoms with Gasteiger partial charge in [0.2, 0.25) is 5.79 Å². The van der Waals surface area contributed by atoms with Crippen LogP contribution < -0.4 is 14.8 Å². The van der Waals surface area contributed by atoms with Crippen LogP contribution in [0.25, 0.3) is 0 Å². The second-order valence-corrected chi connectivity index (χ2v) is 5.74. The van der Waals surface area contributed by atoms with Gasteiger partial charge in [-0.15, -0.1) is 0 Å². The zero-order chi connectivity index (χ0) is 12.6. The van der Waals surface area contributed by atoms with Gasteiger partial charge in [0.25, 0.3) is 0 Å². The lowest BCUT2D eigenvalue weighted by Crippen LogP contribution is -2.35. The maximum Gasteiger partial charge on any atom is 0.246 e. The first-order chi connectivity index (χ1) is 8.62. The molecule has 0 spiro atoms. The smallest absolute Gasteiger partial charge is 0.246 e. The van der Waals surface area contributed by atoms with Gasteiger partial charge in [-0.3, -0.25) is 0 Å². The molecule has 0 bridgehead atoms. The molecule has 0 saturated carbocycles. The van der Waals surface area contributed by atoms with Crippen LogP contribution in [-0.4, -0.2) is 18.4 Å². The Bertz CT molecular complexity index is 436. The Morgan fingerprint density at radius 2 is 2.06 bits per heavy atom. The molecular weight excluding hydrogens is 226 g/mol. The monoisotopic (exact) mass is 247 g/mol. The third-order valence-electron chi connectivity index (χ3n) is 3.61. The molecule has 1 N–H and O–H groups in total. The van der Waals surface area contributed by atoms with E-state index in [0.717, 1.165) is 24.5 Å². The van der Waals surface area contributed by atoms with E-state index in [0.29, 0.717) is 6.04 Å². The van der Waals surface area contributed by atoms with Crippen LogP contribution in [0.5, 0.6) is 11.5 Å². The number of ether oxygens (including phenoxy) is 2. The second-order valence-electron chi connectivity index (χ2n) is 5.74. The number of hydrogen-bond acceptors (Lipinski definition) is 3. The van der Waals surface area contributed by atoms with E-state index in [4.69, 9.17) is 9.47 Å². The lowest BCUT2D eigenvalue weighted by molar-refractivity contribution is -0.0431. The fourth-order valence-electron chi connectivity index (χ4n) is 2.78. The van der Waals surface area contributed by atoms with Crippen molar-refractivity contribution >= 4 is 0 Å². The zero-order valence-electron chi connectivity index (χ0n) is 11.2. The van der Waals surface area contributed by atoms with Crippen molar-refractivity contribution in [2.24, 2.45) is 0 Å². The summed E-state index contributed by atoms with van der Waals surface area (Å²) in [6.07, 6.45) is 5.01. The Kier molecular flexibility index (Phi) is 2.94. The van der Waals surface area contributed by atoms with Crippen molar-refractivity contribution in [1.29, 1.82) is 0 Å². The molecule has 2 heterocycles. The maximum absolute atomic E-state index is 5.78. The number of fused-ring (bicyclic) bond motifs is 1. The van der Waals surface area contributed by atoms with Gasteiger partial charge in [-0.25, -0.2) is 0 Å². The average molecular weight is 247 g/mol. The van der Waals surface area contributed by atoms with Gasteiger partial charge in [0.15, 0.2) is 11.5 Å². The SMILES string of the molecule is CC1(C)Oc2ccc(CC3CCCCN3)cc2O1. The summed E-state index contributed by atoms with van der Waals surface area (Å²) in [4.78, 5) is 0. The van der Waals surface area contributed by atoms with Crippen LogP contribution in [-0.2, 0) is 6.42 Å². The fourth-order valence-corrected chi connectivity index (χ4v) is 2.78. The summed E-state index contributed by atoms with van der Waals surface area (Å²) in [5.74, 6) is 1.22. The number of rotatable bonds is 2. The number of benzene rings is 1. The van der Waals surface area contributed by atoms with Crippen molar-refractivity contribution in [2.75, 3.05) is 6.54 Å². The van der Waals surface area contributed by atoms with Crippen LogP contribution in [0.3, 0.4) is 0 Å². The molecule has 1 unspecified atom stereocenters. The van der Waals surface area contributed by atoms with E-state index in [9.17, 15) is 0 Å². The molecule has 1 saturated heterocycles. The molecule has 0 amide bonds. The normalized spacial score (nSPS) is 25.1. The minimum Gasteiger partial charge on any atom is -0.449 e. The Hall–Kier alpha value is -1.22. The van der Waals surface area contributed by atoms with Gasteiger partial charge in [0.1, 0.15) is 0 Å². The van der Waals surface area contributed by atoms with E-state index in [1.54, 1.807) is 0 Å². The molecular formula is C15H21NO2. The Labute approximate surface area is 108 Å². The molecule has 1 fully saturated rings. The largest absolute Gasteiger partial charge is 0.449 e. The summed E-state index contributed by atoms with van der Waals surface area (Å²) in [5, 5.41) is 3.58. The van der Waals surface area contributed by atoms with E-state index in [1.807, 2.05) is 19.9 Å². The lowest BCUT2D eigenvalue weighted by atomic mass is 9.98. The first kappa shape index (κ1) is 11.8. The molecule has 3 rings (SSSR count). The van der Waals surface area contributed by atoms with Gasteiger partial charge in [-0.05, 0) is 43.5 Å². The molecule has 1 aromatic rings. The van der Waals surface area contributed by atoms with Gasteiger partial charge in [-0.1, -0.05) is 12.5 Å². The lowest BCUT2D eigenvalue weighted by Gasteiger charge is -2.23. The third kappa shape index (κ3) is 2.46.